The molecule has 0 radical (unpaired) electrons. The molecule has 1 fully saturated rings. The van der Waals surface area contributed by atoms with Crippen molar-refractivity contribution in [2.75, 3.05) is 5.73 Å². The van der Waals surface area contributed by atoms with Crippen LogP contribution in [0.5, 0.6) is 0 Å². The Kier molecular flexibility index (Phi) is 9.07. The van der Waals surface area contributed by atoms with Crippen molar-refractivity contribution in [2.45, 2.75) is 50.5 Å². The SMILES string of the molecule is CC.NS(=O)(=O)c1cccc(Br)c1.Nc1nc(=O)n(C2CCCC2)cc1F. The molecule has 7 nitrogen and oxygen atoms in total. The first-order chi connectivity index (χ1) is 12.7. The second kappa shape index (κ2) is 10.5. The summed E-state index contributed by atoms with van der Waals surface area (Å²) in [5.41, 5.74) is 4.74. The lowest BCUT2D eigenvalue weighted by Crippen LogP contribution is -2.27. The van der Waals surface area contributed by atoms with Crippen LogP contribution in [0.4, 0.5) is 10.2 Å². The van der Waals surface area contributed by atoms with E-state index in [0.29, 0.717) is 4.47 Å². The summed E-state index contributed by atoms with van der Waals surface area (Å²) in [7, 11) is -3.56. The van der Waals surface area contributed by atoms with Crippen molar-refractivity contribution in [3.05, 3.63) is 51.2 Å². The Hall–Kier alpha value is -1.78. The highest BCUT2D eigenvalue weighted by molar-refractivity contribution is 9.10. The molecule has 1 aliphatic carbocycles. The van der Waals surface area contributed by atoms with Gasteiger partial charge in [-0.1, -0.05) is 48.7 Å². The Labute approximate surface area is 166 Å². The van der Waals surface area contributed by atoms with Gasteiger partial charge in [-0.3, -0.25) is 4.57 Å². The third kappa shape index (κ3) is 7.04. The van der Waals surface area contributed by atoms with Crippen LogP contribution in [0.2, 0.25) is 0 Å². The summed E-state index contributed by atoms with van der Waals surface area (Å²) in [6.07, 6.45) is 5.18. The number of anilines is 1. The first-order valence-corrected chi connectivity index (χ1v) is 10.8. The summed E-state index contributed by atoms with van der Waals surface area (Å²) in [4.78, 5) is 14.9. The van der Waals surface area contributed by atoms with Crippen LogP contribution in [0.3, 0.4) is 0 Å². The fourth-order valence-corrected chi connectivity index (χ4v) is 3.66. The van der Waals surface area contributed by atoms with Gasteiger partial charge in [0, 0.05) is 16.7 Å². The topological polar surface area (TPSA) is 121 Å². The number of rotatable bonds is 2. The molecule has 0 saturated heterocycles. The van der Waals surface area contributed by atoms with Crippen LogP contribution in [0.1, 0.15) is 45.6 Å². The van der Waals surface area contributed by atoms with E-state index in [4.69, 9.17) is 10.9 Å². The Bertz CT molecular complexity index is 913. The summed E-state index contributed by atoms with van der Waals surface area (Å²) in [5, 5.41) is 4.88. The summed E-state index contributed by atoms with van der Waals surface area (Å²) in [6, 6.07) is 6.35. The van der Waals surface area contributed by atoms with Gasteiger partial charge in [-0.05, 0) is 31.0 Å². The van der Waals surface area contributed by atoms with Gasteiger partial charge in [0.05, 0.1) is 4.90 Å². The molecule has 0 atom stereocenters. The van der Waals surface area contributed by atoms with E-state index in [-0.39, 0.29) is 16.8 Å². The predicted octanol–water partition coefficient (Wildman–Crippen LogP) is 3.20. The van der Waals surface area contributed by atoms with Crippen molar-refractivity contribution < 1.29 is 12.8 Å². The number of sulfonamides is 1. The van der Waals surface area contributed by atoms with Crippen molar-refractivity contribution >= 4 is 31.8 Å². The lowest BCUT2D eigenvalue weighted by atomic mass is 10.2. The molecule has 1 aliphatic rings. The number of nitrogens with zero attached hydrogens (tertiary/aromatic N) is 2. The van der Waals surface area contributed by atoms with Crippen LogP contribution in [-0.2, 0) is 10.0 Å². The minimum atomic E-state index is -3.56. The van der Waals surface area contributed by atoms with E-state index < -0.39 is 21.5 Å². The maximum atomic E-state index is 13.1. The zero-order valence-corrected chi connectivity index (χ0v) is 17.6. The number of primary sulfonamides is 1. The van der Waals surface area contributed by atoms with Crippen molar-refractivity contribution in [3.8, 4) is 0 Å². The fraction of sp³-hybridized carbons (Fsp3) is 0.412. The number of nitrogens with two attached hydrogens (primary N) is 2. The van der Waals surface area contributed by atoms with Crippen molar-refractivity contribution in [3.63, 3.8) is 0 Å². The smallest absolute Gasteiger partial charge is 0.349 e. The third-order valence-corrected chi connectivity index (χ3v) is 5.18. The molecular formula is C17H24BrFN4O3S. The van der Waals surface area contributed by atoms with E-state index in [0.717, 1.165) is 25.7 Å². The average molecular weight is 463 g/mol. The molecule has 27 heavy (non-hydrogen) atoms. The zero-order valence-electron chi connectivity index (χ0n) is 15.2. The number of nitrogen functional groups attached to an aromatic ring is 1. The highest BCUT2D eigenvalue weighted by Crippen LogP contribution is 2.28. The number of aromatic nitrogens is 2. The van der Waals surface area contributed by atoms with Crippen LogP contribution in [0.15, 0.2) is 44.6 Å². The Balaban J connectivity index is 0.000000254. The predicted molar refractivity (Wildman–Crippen MR) is 107 cm³/mol. The van der Waals surface area contributed by atoms with Gasteiger partial charge in [-0.25, -0.2) is 22.7 Å². The van der Waals surface area contributed by atoms with Gasteiger partial charge in [-0.15, -0.1) is 0 Å². The van der Waals surface area contributed by atoms with Gasteiger partial charge in [0.25, 0.3) is 0 Å². The largest absolute Gasteiger partial charge is 0.381 e. The molecule has 1 aromatic heterocycles. The van der Waals surface area contributed by atoms with Crippen molar-refractivity contribution in [1.29, 1.82) is 0 Å². The highest BCUT2D eigenvalue weighted by Gasteiger charge is 2.19. The molecule has 0 bridgehead atoms. The molecule has 0 unspecified atom stereocenters. The summed E-state index contributed by atoms with van der Waals surface area (Å²) in [5.74, 6) is -0.930. The molecule has 2 aromatic rings. The Morgan fingerprint density at radius 3 is 2.33 bits per heavy atom. The molecule has 4 N–H and O–H groups in total. The lowest BCUT2D eigenvalue weighted by molar-refractivity contribution is 0.472. The monoisotopic (exact) mass is 462 g/mol. The summed E-state index contributed by atoms with van der Waals surface area (Å²) >= 11 is 3.13. The minimum absolute atomic E-state index is 0.102. The number of hydrogen-bond acceptors (Lipinski definition) is 5. The van der Waals surface area contributed by atoms with Gasteiger partial charge >= 0.3 is 5.69 Å². The molecule has 0 aliphatic heterocycles. The standard InChI is InChI=1S/C9H12FN3O.C6H6BrNO2S.C2H6/c10-7-5-13(6-3-1-2-4-6)9(14)12-8(7)11;7-5-2-1-3-6(4-5)11(8,9)10;1-2/h5-6H,1-4H2,(H2,11,12,14);1-4H,(H2,8,9,10);1-2H3. The summed E-state index contributed by atoms with van der Waals surface area (Å²) < 4.78 is 36.6. The van der Waals surface area contributed by atoms with E-state index in [2.05, 4.69) is 20.9 Å². The normalized spacial score (nSPS) is 14.0. The van der Waals surface area contributed by atoms with Gasteiger partial charge < -0.3 is 5.73 Å². The molecule has 0 spiro atoms. The van der Waals surface area contributed by atoms with Crippen LogP contribution in [0.25, 0.3) is 0 Å². The van der Waals surface area contributed by atoms with E-state index >= 15 is 0 Å². The zero-order chi connectivity index (χ0) is 20.6. The molecule has 10 heteroatoms. The Morgan fingerprint density at radius 2 is 1.85 bits per heavy atom. The lowest BCUT2D eigenvalue weighted by Gasteiger charge is -2.12. The summed E-state index contributed by atoms with van der Waals surface area (Å²) in [6.45, 7) is 4.00. The second-order valence-electron chi connectivity index (χ2n) is 5.60. The van der Waals surface area contributed by atoms with Gasteiger partial charge in [-0.2, -0.15) is 4.98 Å². The minimum Gasteiger partial charge on any atom is -0.381 e. The van der Waals surface area contributed by atoms with Crippen LogP contribution < -0.4 is 16.6 Å². The van der Waals surface area contributed by atoms with Crippen molar-refractivity contribution in [1.82, 2.24) is 9.55 Å². The maximum absolute atomic E-state index is 13.1. The number of halogens is 2. The van der Waals surface area contributed by atoms with Crippen LogP contribution in [0, 0.1) is 5.82 Å². The number of hydrogen-bond donors (Lipinski definition) is 2. The van der Waals surface area contributed by atoms with Gasteiger partial charge in [0.15, 0.2) is 11.6 Å². The van der Waals surface area contributed by atoms with Gasteiger partial charge in [0.2, 0.25) is 10.0 Å². The second-order valence-corrected chi connectivity index (χ2v) is 8.08. The highest BCUT2D eigenvalue weighted by atomic mass is 79.9. The molecule has 1 aromatic carbocycles. The van der Waals surface area contributed by atoms with E-state index in [1.165, 1.54) is 22.9 Å². The van der Waals surface area contributed by atoms with Gasteiger partial charge in [0.1, 0.15) is 0 Å². The third-order valence-electron chi connectivity index (χ3n) is 3.78. The number of benzene rings is 1. The van der Waals surface area contributed by atoms with E-state index in [1.807, 2.05) is 13.8 Å². The molecule has 1 saturated carbocycles. The van der Waals surface area contributed by atoms with Crippen LogP contribution >= 0.6 is 15.9 Å². The van der Waals surface area contributed by atoms with Crippen LogP contribution in [-0.4, -0.2) is 18.0 Å². The van der Waals surface area contributed by atoms with E-state index in [1.54, 1.807) is 12.1 Å². The first kappa shape index (κ1) is 23.3. The van der Waals surface area contributed by atoms with Crippen molar-refractivity contribution in [2.24, 2.45) is 5.14 Å². The first-order valence-electron chi connectivity index (χ1n) is 8.51. The molecule has 3 rings (SSSR count). The fourth-order valence-electron chi connectivity index (χ4n) is 2.55. The maximum Gasteiger partial charge on any atom is 0.349 e. The Morgan fingerprint density at radius 1 is 1.26 bits per heavy atom. The average Bonchev–Trinajstić information content (AvgIpc) is 3.14. The quantitative estimate of drug-likeness (QED) is 0.709. The molecule has 1 heterocycles. The molecule has 150 valence electrons. The van der Waals surface area contributed by atoms with E-state index in [9.17, 15) is 17.6 Å². The molecule has 0 amide bonds. The molecular weight excluding hydrogens is 439 g/mol.